The van der Waals surface area contributed by atoms with Crippen LogP contribution in [0.5, 0.6) is 0 Å². The highest BCUT2D eigenvalue weighted by atomic mass is 32.1. The Labute approximate surface area is 91.6 Å². The summed E-state index contributed by atoms with van der Waals surface area (Å²) >= 11 is 1.76. The first kappa shape index (κ1) is 9.07. The lowest BCUT2D eigenvalue weighted by Gasteiger charge is -2.15. The molecule has 0 saturated carbocycles. The Hall–Kier alpha value is -1.19. The van der Waals surface area contributed by atoms with Crippen molar-refractivity contribution in [3.63, 3.8) is 0 Å². The summed E-state index contributed by atoms with van der Waals surface area (Å²) < 4.78 is 1.11. The van der Waals surface area contributed by atoms with Crippen molar-refractivity contribution in [1.29, 1.82) is 0 Å². The standard InChI is InChI=1S/C12H11NOS/c14-12-8-3-1-2-4-10(8)15-11-5-6-13-7-9(11)12/h1-4,13H,5-7H2. The molecule has 0 spiro atoms. The van der Waals surface area contributed by atoms with E-state index in [9.17, 15) is 4.79 Å². The Bertz CT molecular complexity index is 573. The van der Waals surface area contributed by atoms with E-state index in [2.05, 4.69) is 5.32 Å². The minimum atomic E-state index is 0.214. The monoisotopic (exact) mass is 217 g/mol. The Balaban J connectivity index is 2.41. The third-order valence-corrected chi connectivity index (χ3v) is 4.08. The maximum absolute atomic E-state index is 12.1. The molecule has 0 saturated heterocycles. The second kappa shape index (κ2) is 3.43. The third-order valence-electron chi connectivity index (χ3n) is 2.81. The van der Waals surface area contributed by atoms with Crippen molar-refractivity contribution in [2.45, 2.75) is 13.0 Å². The predicted molar refractivity (Wildman–Crippen MR) is 63.5 cm³/mol. The van der Waals surface area contributed by atoms with Gasteiger partial charge in [-0.05, 0) is 18.6 Å². The quantitative estimate of drug-likeness (QED) is 0.730. The molecular formula is C12H11NOS. The molecule has 3 rings (SSSR count). The van der Waals surface area contributed by atoms with Gasteiger partial charge >= 0.3 is 0 Å². The summed E-state index contributed by atoms with van der Waals surface area (Å²) in [7, 11) is 0. The number of hydrogen-bond acceptors (Lipinski definition) is 3. The number of fused-ring (bicyclic) bond motifs is 2. The SMILES string of the molecule is O=c1c2c(sc3ccccc13)CCNC2. The van der Waals surface area contributed by atoms with Crippen LogP contribution in [0, 0.1) is 0 Å². The minimum absolute atomic E-state index is 0.214. The summed E-state index contributed by atoms with van der Waals surface area (Å²) in [6, 6.07) is 7.87. The van der Waals surface area contributed by atoms with Crippen LogP contribution in [0.4, 0.5) is 0 Å². The Morgan fingerprint density at radius 2 is 2.13 bits per heavy atom. The molecular weight excluding hydrogens is 206 g/mol. The van der Waals surface area contributed by atoms with Crippen LogP contribution >= 0.6 is 11.3 Å². The third kappa shape index (κ3) is 1.39. The molecule has 2 nitrogen and oxygen atoms in total. The van der Waals surface area contributed by atoms with E-state index < -0.39 is 0 Å². The van der Waals surface area contributed by atoms with E-state index in [-0.39, 0.29) is 5.43 Å². The number of benzene rings is 1. The molecule has 0 bridgehead atoms. The summed E-state index contributed by atoms with van der Waals surface area (Å²) in [5.41, 5.74) is 1.19. The van der Waals surface area contributed by atoms with Gasteiger partial charge in [-0.25, -0.2) is 0 Å². The van der Waals surface area contributed by atoms with Gasteiger partial charge in [-0.2, -0.15) is 0 Å². The second-order valence-electron chi connectivity index (χ2n) is 3.76. The van der Waals surface area contributed by atoms with Crippen LogP contribution in [0.15, 0.2) is 29.1 Å². The number of nitrogens with one attached hydrogen (secondary N) is 1. The van der Waals surface area contributed by atoms with Crippen molar-refractivity contribution in [3.05, 3.63) is 44.9 Å². The van der Waals surface area contributed by atoms with E-state index in [1.165, 1.54) is 4.88 Å². The first-order valence-corrected chi connectivity index (χ1v) is 5.92. The smallest absolute Gasteiger partial charge is 0.192 e. The first-order chi connectivity index (χ1) is 7.36. The normalized spacial score (nSPS) is 15.2. The van der Waals surface area contributed by atoms with E-state index in [4.69, 9.17) is 0 Å². The summed E-state index contributed by atoms with van der Waals surface area (Å²) in [4.78, 5) is 13.4. The van der Waals surface area contributed by atoms with Gasteiger partial charge < -0.3 is 5.32 Å². The molecule has 0 unspecified atom stereocenters. The van der Waals surface area contributed by atoms with Gasteiger partial charge in [-0.15, -0.1) is 11.3 Å². The van der Waals surface area contributed by atoms with Crippen LogP contribution < -0.4 is 10.7 Å². The average Bonchev–Trinajstić information content (AvgIpc) is 2.30. The zero-order valence-corrected chi connectivity index (χ0v) is 9.06. The van der Waals surface area contributed by atoms with E-state index in [1.807, 2.05) is 24.3 Å². The fraction of sp³-hybridized carbons (Fsp3) is 0.250. The van der Waals surface area contributed by atoms with Gasteiger partial charge in [0.25, 0.3) is 0 Å². The van der Waals surface area contributed by atoms with Crippen LogP contribution in [0.1, 0.15) is 10.4 Å². The summed E-state index contributed by atoms with van der Waals surface area (Å²) in [5, 5.41) is 4.12. The molecule has 15 heavy (non-hydrogen) atoms. The zero-order chi connectivity index (χ0) is 10.3. The minimum Gasteiger partial charge on any atom is -0.312 e. The molecule has 0 amide bonds. The Kier molecular flexibility index (Phi) is 2.08. The summed E-state index contributed by atoms with van der Waals surface area (Å²) in [5.74, 6) is 0. The second-order valence-corrected chi connectivity index (χ2v) is 4.89. The van der Waals surface area contributed by atoms with Crippen molar-refractivity contribution >= 4 is 21.4 Å². The molecule has 1 aliphatic rings. The van der Waals surface area contributed by atoms with Crippen molar-refractivity contribution in [2.24, 2.45) is 0 Å². The predicted octanol–water partition coefficient (Wildman–Crippen LogP) is 1.91. The topological polar surface area (TPSA) is 29.1 Å². The molecule has 76 valence electrons. The fourth-order valence-electron chi connectivity index (χ4n) is 2.02. The molecule has 0 radical (unpaired) electrons. The van der Waals surface area contributed by atoms with E-state index in [1.54, 1.807) is 11.3 Å². The van der Waals surface area contributed by atoms with Crippen LogP contribution in [0.25, 0.3) is 10.1 Å². The van der Waals surface area contributed by atoms with Gasteiger partial charge in [0.1, 0.15) is 0 Å². The molecule has 1 aliphatic heterocycles. The zero-order valence-electron chi connectivity index (χ0n) is 8.25. The maximum atomic E-state index is 12.1. The highest BCUT2D eigenvalue weighted by Crippen LogP contribution is 2.23. The molecule has 2 aromatic rings. The fourth-order valence-corrected chi connectivity index (χ4v) is 3.20. The lowest BCUT2D eigenvalue weighted by atomic mass is 10.1. The number of rotatable bonds is 0. The van der Waals surface area contributed by atoms with Gasteiger partial charge in [0.15, 0.2) is 5.43 Å². The van der Waals surface area contributed by atoms with Gasteiger partial charge in [0.2, 0.25) is 0 Å². The number of hydrogen-bond donors (Lipinski definition) is 1. The molecule has 0 atom stereocenters. The van der Waals surface area contributed by atoms with Crippen molar-refractivity contribution in [2.75, 3.05) is 6.54 Å². The largest absolute Gasteiger partial charge is 0.312 e. The van der Waals surface area contributed by atoms with Gasteiger partial charge in [0.05, 0.1) is 0 Å². The van der Waals surface area contributed by atoms with Crippen LogP contribution in [0.3, 0.4) is 0 Å². The van der Waals surface area contributed by atoms with Crippen molar-refractivity contribution in [1.82, 2.24) is 5.32 Å². The lowest BCUT2D eigenvalue weighted by molar-refractivity contribution is 0.649. The van der Waals surface area contributed by atoms with Crippen LogP contribution in [0.2, 0.25) is 0 Å². The van der Waals surface area contributed by atoms with Crippen molar-refractivity contribution < 1.29 is 0 Å². The summed E-state index contributed by atoms with van der Waals surface area (Å²) in [6.07, 6.45) is 0.986. The van der Waals surface area contributed by atoms with Gasteiger partial charge in [-0.1, -0.05) is 12.1 Å². The molecule has 0 aliphatic carbocycles. The molecule has 0 fully saturated rings. The van der Waals surface area contributed by atoms with E-state index in [0.717, 1.165) is 35.2 Å². The lowest BCUT2D eigenvalue weighted by Crippen LogP contribution is -2.28. The van der Waals surface area contributed by atoms with Crippen molar-refractivity contribution in [3.8, 4) is 0 Å². The molecule has 1 aromatic heterocycles. The first-order valence-electron chi connectivity index (χ1n) is 5.10. The Morgan fingerprint density at radius 3 is 3.07 bits per heavy atom. The highest BCUT2D eigenvalue weighted by molar-refractivity contribution is 7.18. The highest BCUT2D eigenvalue weighted by Gasteiger charge is 2.14. The molecule has 2 heterocycles. The van der Waals surface area contributed by atoms with E-state index >= 15 is 0 Å². The summed E-state index contributed by atoms with van der Waals surface area (Å²) in [6.45, 7) is 1.72. The molecule has 1 aromatic carbocycles. The van der Waals surface area contributed by atoms with Crippen LogP contribution in [-0.4, -0.2) is 6.54 Å². The Morgan fingerprint density at radius 1 is 1.27 bits per heavy atom. The average molecular weight is 217 g/mol. The van der Waals surface area contributed by atoms with E-state index in [0.29, 0.717) is 0 Å². The maximum Gasteiger partial charge on any atom is 0.192 e. The molecule has 3 heteroatoms. The van der Waals surface area contributed by atoms with Gasteiger partial charge in [0, 0.05) is 33.6 Å². The molecule has 1 N–H and O–H groups in total. The van der Waals surface area contributed by atoms with Gasteiger partial charge in [-0.3, -0.25) is 4.79 Å². The van der Waals surface area contributed by atoms with Crippen LogP contribution in [-0.2, 0) is 13.0 Å².